The summed E-state index contributed by atoms with van der Waals surface area (Å²) in [5.41, 5.74) is 3.57. The van der Waals surface area contributed by atoms with Crippen LogP contribution in [0.15, 0.2) is 46.2 Å². The largest absolute Gasteiger partial charge is 0.440 e. The van der Waals surface area contributed by atoms with Crippen LogP contribution in [0.2, 0.25) is 0 Å². The number of piperidine rings is 1. The molecule has 1 N–H and O–H groups in total. The van der Waals surface area contributed by atoms with Crippen molar-refractivity contribution in [1.29, 1.82) is 0 Å². The summed E-state index contributed by atoms with van der Waals surface area (Å²) in [6.07, 6.45) is 3.08. The van der Waals surface area contributed by atoms with E-state index in [2.05, 4.69) is 36.1 Å². The van der Waals surface area contributed by atoms with E-state index in [0.29, 0.717) is 5.89 Å². The number of nitrogens with zero attached hydrogens (tertiary/aromatic N) is 2. The van der Waals surface area contributed by atoms with Crippen LogP contribution in [0.25, 0.3) is 10.8 Å². The lowest BCUT2D eigenvalue weighted by Gasteiger charge is -2.42. The van der Waals surface area contributed by atoms with Crippen LogP contribution >= 0.6 is 11.3 Å². The van der Waals surface area contributed by atoms with Gasteiger partial charge in [0, 0.05) is 18.5 Å². The van der Waals surface area contributed by atoms with Gasteiger partial charge in [-0.1, -0.05) is 30.3 Å². The van der Waals surface area contributed by atoms with E-state index in [1.54, 1.807) is 11.3 Å². The number of benzene rings is 1. The van der Waals surface area contributed by atoms with Gasteiger partial charge < -0.3 is 9.52 Å². The molecule has 4 rings (SSSR count). The van der Waals surface area contributed by atoms with E-state index in [-0.39, 0.29) is 12.0 Å². The van der Waals surface area contributed by atoms with Crippen LogP contribution in [0.3, 0.4) is 0 Å². The van der Waals surface area contributed by atoms with Gasteiger partial charge in [0.05, 0.1) is 17.2 Å². The van der Waals surface area contributed by atoms with Gasteiger partial charge in [0.2, 0.25) is 5.89 Å². The maximum Gasteiger partial charge on any atom is 0.236 e. The molecule has 148 valence electrons. The highest BCUT2D eigenvalue weighted by Gasteiger charge is 2.36. The number of rotatable bonds is 6. The van der Waals surface area contributed by atoms with E-state index in [4.69, 9.17) is 9.40 Å². The molecule has 1 aliphatic heterocycles. The van der Waals surface area contributed by atoms with Gasteiger partial charge in [0.15, 0.2) is 0 Å². The fourth-order valence-electron chi connectivity index (χ4n) is 4.28. The van der Waals surface area contributed by atoms with E-state index >= 15 is 0 Å². The zero-order chi connectivity index (χ0) is 19.6. The monoisotopic (exact) mass is 396 g/mol. The van der Waals surface area contributed by atoms with Crippen LogP contribution in [0.4, 0.5) is 0 Å². The molecule has 1 fully saturated rings. The molecule has 1 saturated heterocycles. The fraction of sp³-hybridized carbons (Fsp3) is 0.435. The number of aliphatic hydroxyl groups is 1. The molecule has 0 saturated carbocycles. The maximum atomic E-state index is 10.3. The second-order valence-corrected chi connectivity index (χ2v) is 9.02. The Hall–Kier alpha value is -1.95. The topological polar surface area (TPSA) is 49.5 Å². The molecule has 4 nitrogen and oxygen atoms in total. The molecule has 0 unspecified atom stereocenters. The molecule has 1 aliphatic rings. The highest BCUT2D eigenvalue weighted by atomic mass is 32.1. The van der Waals surface area contributed by atoms with Crippen LogP contribution < -0.4 is 0 Å². The second kappa shape index (κ2) is 8.19. The van der Waals surface area contributed by atoms with Gasteiger partial charge >= 0.3 is 0 Å². The first-order chi connectivity index (χ1) is 13.6. The van der Waals surface area contributed by atoms with Crippen LogP contribution in [-0.4, -0.2) is 34.7 Å². The third-order valence-electron chi connectivity index (χ3n) is 5.90. The Labute approximate surface area is 170 Å². The molecular formula is C23H28N2O2S. The minimum Gasteiger partial charge on any atom is -0.440 e. The van der Waals surface area contributed by atoms with Crippen LogP contribution in [0, 0.1) is 19.3 Å². The number of aromatic nitrogens is 1. The van der Waals surface area contributed by atoms with E-state index in [9.17, 15) is 5.11 Å². The van der Waals surface area contributed by atoms with E-state index in [1.807, 2.05) is 24.4 Å². The van der Waals surface area contributed by atoms with Crippen LogP contribution in [0.1, 0.15) is 35.4 Å². The molecule has 1 aromatic carbocycles. The molecular weight excluding hydrogens is 368 g/mol. The van der Waals surface area contributed by atoms with Gasteiger partial charge in [0.25, 0.3) is 0 Å². The molecule has 0 bridgehead atoms. The summed E-state index contributed by atoms with van der Waals surface area (Å²) < 4.78 is 5.91. The van der Waals surface area contributed by atoms with Crippen molar-refractivity contribution in [2.45, 2.75) is 39.7 Å². The zero-order valence-electron chi connectivity index (χ0n) is 16.6. The predicted molar refractivity (Wildman–Crippen MR) is 113 cm³/mol. The number of aliphatic hydroxyl groups excluding tert-OH is 1. The fourth-order valence-corrected chi connectivity index (χ4v) is 4.93. The first-order valence-electron chi connectivity index (χ1n) is 9.96. The molecule has 0 aliphatic carbocycles. The minimum atomic E-state index is -0.0847. The lowest BCUT2D eigenvalue weighted by Crippen LogP contribution is -2.46. The molecule has 0 radical (unpaired) electrons. The lowest BCUT2D eigenvalue weighted by atomic mass is 9.75. The van der Waals surface area contributed by atoms with Crippen molar-refractivity contribution < 1.29 is 9.52 Å². The first-order valence-corrected chi connectivity index (χ1v) is 10.8. The third-order valence-corrected chi connectivity index (χ3v) is 6.76. The Morgan fingerprint density at radius 2 is 2.07 bits per heavy atom. The average Bonchev–Trinajstić information content (AvgIpc) is 3.34. The third kappa shape index (κ3) is 4.07. The summed E-state index contributed by atoms with van der Waals surface area (Å²) in [7, 11) is 0. The summed E-state index contributed by atoms with van der Waals surface area (Å²) in [6.45, 7) is 7.07. The maximum absolute atomic E-state index is 10.3. The second-order valence-electron chi connectivity index (χ2n) is 8.07. The van der Waals surface area contributed by atoms with Gasteiger partial charge in [-0.25, -0.2) is 4.98 Å². The van der Waals surface area contributed by atoms with Crippen molar-refractivity contribution >= 4 is 11.3 Å². The first kappa shape index (κ1) is 19.4. The van der Waals surface area contributed by atoms with Gasteiger partial charge in [-0.2, -0.15) is 0 Å². The quantitative estimate of drug-likeness (QED) is 0.648. The number of aryl methyl sites for hydroxylation is 2. The summed E-state index contributed by atoms with van der Waals surface area (Å²) in [5, 5.41) is 12.3. The molecule has 1 atom stereocenters. The Morgan fingerprint density at radius 1 is 1.21 bits per heavy atom. The van der Waals surface area contributed by atoms with Crippen molar-refractivity contribution in [2.75, 3.05) is 19.7 Å². The summed E-state index contributed by atoms with van der Waals surface area (Å²) in [6, 6.07) is 12.6. The lowest BCUT2D eigenvalue weighted by molar-refractivity contribution is 0.0281. The Morgan fingerprint density at radius 3 is 2.82 bits per heavy atom. The normalized spacial score (nSPS) is 20.5. The molecule has 2 aromatic heterocycles. The average molecular weight is 397 g/mol. The summed E-state index contributed by atoms with van der Waals surface area (Å²) >= 11 is 1.65. The van der Waals surface area contributed by atoms with Gasteiger partial charge in [-0.05, 0) is 62.2 Å². The van der Waals surface area contributed by atoms with Crippen molar-refractivity contribution in [2.24, 2.45) is 5.41 Å². The molecule has 0 spiro atoms. The van der Waals surface area contributed by atoms with Gasteiger partial charge in [-0.15, -0.1) is 11.3 Å². The molecule has 3 aromatic rings. The van der Waals surface area contributed by atoms with Crippen LogP contribution in [0.5, 0.6) is 0 Å². The van der Waals surface area contributed by atoms with E-state index < -0.39 is 0 Å². The highest BCUT2D eigenvalue weighted by molar-refractivity contribution is 7.13. The van der Waals surface area contributed by atoms with Gasteiger partial charge in [-0.3, -0.25) is 4.90 Å². The number of thiophene rings is 1. The Balaban J connectivity index is 1.49. The van der Waals surface area contributed by atoms with Crippen molar-refractivity contribution in [3.8, 4) is 10.8 Å². The molecule has 0 amide bonds. The highest BCUT2D eigenvalue weighted by Crippen LogP contribution is 2.35. The van der Waals surface area contributed by atoms with Crippen molar-refractivity contribution in [3.05, 3.63) is 64.4 Å². The molecule has 28 heavy (non-hydrogen) atoms. The summed E-state index contributed by atoms with van der Waals surface area (Å²) in [5.74, 6) is 1.61. The van der Waals surface area contributed by atoms with E-state index in [1.165, 1.54) is 11.1 Å². The predicted octanol–water partition coefficient (Wildman–Crippen LogP) is 4.84. The number of oxazole rings is 1. The van der Waals surface area contributed by atoms with Crippen molar-refractivity contribution in [1.82, 2.24) is 9.88 Å². The number of likely N-dealkylation sites (tertiary alicyclic amines) is 1. The van der Waals surface area contributed by atoms with E-state index in [0.717, 1.165) is 55.2 Å². The SMILES string of the molecule is Cc1ccccc1C[C@]1(CO)CCCN(Cc2nc(-c3cccs3)oc2C)C1. The summed E-state index contributed by atoms with van der Waals surface area (Å²) in [4.78, 5) is 8.26. The molecule has 3 heterocycles. The van der Waals surface area contributed by atoms with Gasteiger partial charge in [0.1, 0.15) is 5.76 Å². The minimum absolute atomic E-state index is 0.0847. The molecule has 5 heteroatoms. The number of hydrogen-bond donors (Lipinski definition) is 1. The van der Waals surface area contributed by atoms with Crippen molar-refractivity contribution in [3.63, 3.8) is 0 Å². The number of hydrogen-bond acceptors (Lipinski definition) is 5. The smallest absolute Gasteiger partial charge is 0.236 e. The standard InChI is InChI=1S/C23H28N2O2S/c1-17-7-3-4-8-19(17)13-23(16-26)10-6-11-25(15-23)14-20-18(2)27-22(24-20)21-9-5-12-28-21/h3-5,7-9,12,26H,6,10-11,13-16H2,1-2H3/t23-/m1/s1. The Bertz CT molecular complexity index is 919. The zero-order valence-corrected chi connectivity index (χ0v) is 17.5. The Kier molecular flexibility index (Phi) is 5.67. The van der Waals surface area contributed by atoms with Crippen LogP contribution in [-0.2, 0) is 13.0 Å².